The van der Waals surface area contributed by atoms with E-state index in [1.165, 1.54) is 27.2 Å². The lowest BCUT2D eigenvalue weighted by Gasteiger charge is -2.57. The zero-order chi connectivity index (χ0) is 22.8. The topological polar surface area (TPSA) is 108 Å². The van der Waals surface area contributed by atoms with E-state index < -0.39 is 46.5 Å². The smallest absolute Gasteiger partial charge is 0.320 e. The molecular weight excluding hydrogens is 404 g/mol. The molecule has 6 atom stereocenters. The lowest BCUT2D eigenvalue weighted by molar-refractivity contribution is -0.291. The van der Waals surface area contributed by atoms with Crippen molar-refractivity contribution in [2.45, 2.75) is 51.4 Å². The number of hydrogen-bond donors (Lipinski definition) is 1. The van der Waals surface area contributed by atoms with Gasteiger partial charge in [-0.15, -0.1) is 0 Å². The second kappa shape index (κ2) is 6.95. The first-order chi connectivity index (χ1) is 14.5. The maximum atomic E-state index is 13.3. The zero-order valence-corrected chi connectivity index (χ0v) is 18.2. The zero-order valence-electron chi connectivity index (χ0n) is 18.2. The minimum absolute atomic E-state index is 0.144. The fourth-order valence-electron chi connectivity index (χ4n) is 6.12. The minimum atomic E-state index is -1.61. The molecule has 31 heavy (non-hydrogen) atoms. The highest BCUT2D eigenvalue weighted by atomic mass is 16.6. The molecule has 0 aromatic heterocycles. The van der Waals surface area contributed by atoms with Crippen LogP contribution in [0.1, 0.15) is 39.5 Å². The Morgan fingerprint density at radius 2 is 1.97 bits per heavy atom. The highest BCUT2D eigenvalue weighted by Crippen LogP contribution is 2.68. The molecule has 0 saturated heterocycles. The van der Waals surface area contributed by atoms with Crippen molar-refractivity contribution in [1.82, 2.24) is 0 Å². The molecule has 0 aromatic carbocycles. The van der Waals surface area contributed by atoms with Crippen LogP contribution in [0.25, 0.3) is 0 Å². The fourth-order valence-corrected chi connectivity index (χ4v) is 6.12. The maximum Gasteiger partial charge on any atom is 0.320 e. The van der Waals surface area contributed by atoms with Gasteiger partial charge >= 0.3 is 17.9 Å². The first-order valence-corrected chi connectivity index (χ1v) is 10.4. The van der Waals surface area contributed by atoms with Crippen molar-refractivity contribution in [3.63, 3.8) is 0 Å². The number of methoxy groups -OCH3 is 2. The van der Waals surface area contributed by atoms with Crippen LogP contribution in [0.4, 0.5) is 0 Å². The van der Waals surface area contributed by atoms with E-state index in [0.717, 1.165) is 5.57 Å². The molecule has 3 aliphatic carbocycles. The molecule has 1 heterocycles. The van der Waals surface area contributed by atoms with Gasteiger partial charge in [0, 0.05) is 18.9 Å². The molecule has 0 unspecified atom stereocenters. The molecule has 0 aromatic rings. The molecule has 0 radical (unpaired) electrons. The molecule has 8 nitrogen and oxygen atoms in total. The van der Waals surface area contributed by atoms with Gasteiger partial charge in [-0.1, -0.05) is 12.2 Å². The van der Waals surface area contributed by atoms with Crippen LogP contribution in [0.2, 0.25) is 0 Å². The summed E-state index contributed by atoms with van der Waals surface area (Å²) in [6.45, 7) is 6.98. The number of ether oxygens (including phenoxy) is 4. The number of rotatable bonds is 3. The first-order valence-electron chi connectivity index (χ1n) is 10.4. The van der Waals surface area contributed by atoms with Gasteiger partial charge in [-0.2, -0.15) is 0 Å². The third-order valence-corrected chi connectivity index (χ3v) is 7.62. The number of fused-ring (bicyclic) bond motifs is 1. The molecule has 2 bridgehead atoms. The van der Waals surface area contributed by atoms with Gasteiger partial charge in [0.2, 0.25) is 5.79 Å². The predicted molar refractivity (Wildman–Crippen MR) is 107 cm³/mol. The average molecular weight is 432 g/mol. The van der Waals surface area contributed by atoms with Crippen molar-refractivity contribution >= 4 is 17.9 Å². The number of allylic oxidation sites excluding steroid dienone is 2. The quantitative estimate of drug-likeness (QED) is 0.411. The Morgan fingerprint density at radius 3 is 2.58 bits per heavy atom. The third kappa shape index (κ3) is 2.73. The van der Waals surface area contributed by atoms with Gasteiger partial charge in [0.1, 0.15) is 17.3 Å². The van der Waals surface area contributed by atoms with Gasteiger partial charge in [0.15, 0.2) is 0 Å². The standard InChI is InChI=1S/C23H28O8/c1-12-10-22-11-14(12)8-9-23(22,27)31-15-6-7-16(30-13(2)24)21(3,20(26)29-5)17(15)18(22)19(25)28-4/h6-7,14,16,18,27H,1,8-11H2,2-5H3/t14-,16-,18+,21+,22+,23+/m0/s1. The summed E-state index contributed by atoms with van der Waals surface area (Å²) in [5.74, 6) is -4.12. The highest BCUT2D eigenvalue weighted by molar-refractivity contribution is 5.88. The Bertz CT molecular complexity index is 932. The van der Waals surface area contributed by atoms with Gasteiger partial charge in [0.05, 0.1) is 25.6 Å². The molecule has 4 aliphatic rings. The molecule has 2 saturated carbocycles. The van der Waals surface area contributed by atoms with Crippen LogP contribution in [0.15, 0.2) is 35.6 Å². The van der Waals surface area contributed by atoms with Crippen LogP contribution < -0.4 is 0 Å². The van der Waals surface area contributed by atoms with Crippen molar-refractivity contribution in [3.05, 3.63) is 35.6 Å². The summed E-state index contributed by atoms with van der Waals surface area (Å²) in [7, 11) is 2.51. The molecule has 0 amide bonds. The monoisotopic (exact) mass is 432 g/mol. The summed E-state index contributed by atoms with van der Waals surface area (Å²) < 4.78 is 21.9. The molecule has 1 aliphatic heterocycles. The van der Waals surface area contributed by atoms with Crippen molar-refractivity contribution in [3.8, 4) is 0 Å². The van der Waals surface area contributed by atoms with E-state index in [4.69, 9.17) is 18.9 Å². The average Bonchev–Trinajstić information content (AvgIpc) is 3.01. The molecule has 168 valence electrons. The number of carbonyl (C=O) groups is 3. The molecule has 1 N–H and O–H groups in total. The van der Waals surface area contributed by atoms with Crippen LogP contribution in [0.5, 0.6) is 0 Å². The second-order valence-electron chi connectivity index (χ2n) is 9.13. The van der Waals surface area contributed by atoms with Gasteiger partial charge in [-0.05, 0) is 44.3 Å². The summed E-state index contributed by atoms with van der Waals surface area (Å²) in [6, 6.07) is 0. The van der Waals surface area contributed by atoms with Crippen molar-refractivity contribution in [2.75, 3.05) is 14.2 Å². The van der Waals surface area contributed by atoms with Gasteiger partial charge in [-0.3, -0.25) is 14.4 Å². The Hall–Kier alpha value is -2.61. The van der Waals surface area contributed by atoms with E-state index in [9.17, 15) is 19.5 Å². The van der Waals surface area contributed by atoms with Crippen LogP contribution in [0, 0.1) is 22.7 Å². The van der Waals surface area contributed by atoms with E-state index in [2.05, 4.69) is 6.58 Å². The van der Waals surface area contributed by atoms with E-state index in [0.29, 0.717) is 31.3 Å². The second-order valence-corrected chi connectivity index (χ2v) is 9.13. The van der Waals surface area contributed by atoms with Crippen molar-refractivity contribution in [2.24, 2.45) is 22.7 Å². The van der Waals surface area contributed by atoms with E-state index >= 15 is 0 Å². The Balaban J connectivity index is 1.98. The SMILES string of the molecule is C=C1C[C@]23C[C@@H]1CC[C@@]2(O)OC1=C([C@@H]3C(=O)OC)[C@](C)(C(=O)OC)[C@@H](OC(C)=O)C=C1. The Morgan fingerprint density at radius 1 is 1.26 bits per heavy atom. The number of esters is 3. The first kappa shape index (κ1) is 21.6. The Kier molecular flexibility index (Phi) is 4.85. The van der Waals surface area contributed by atoms with Crippen LogP contribution in [-0.2, 0) is 33.3 Å². The maximum absolute atomic E-state index is 13.3. The van der Waals surface area contributed by atoms with Gasteiger partial charge < -0.3 is 24.1 Å². The summed E-state index contributed by atoms with van der Waals surface area (Å²) in [4.78, 5) is 38.2. The van der Waals surface area contributed by atoms with Crippen molar-refractivity contribution in [1.29, 1.82) is 0 Å². The molecule has 8 heteroatoms. The van der Waals surface area contributed by atoms with Crippen molar-refractivity contribution < 1.29 is 38.4 Å². The minimum Gasteiger partial charge on any atom is -0.469 e. The van der Waals surface area contributed by atoms with Crippen LogP contribution >= 0.6 is 0 Å². The number of aliphatic hydroxyl groups is 1. The Labute approximate surface area is 180 Å². The highest BCUT2D eigenvalue weighted by Gasteiger charge is 2.72. The largest absolute Gasteiger partial charge is 0.469 e. The molecule has 4 rings (SSSR count). The molecule has 1 spiro atoms. The fraction of sp³-hybridized carbons (Fsp3) is 0.609. The van der Waals surface area contributed by atoms with E-state index in [-0.39, 0.29) is 11.7 Å². The number of carbonyl (C=O) groups excluding carboxylic acids is 3. The van der Waals surface area contributed by atoms with Gasteiger partial charge in [-0.25, -0.2) is 0 Å². The van der Waals surface area contributed by atoms with E-state index in [1.54, 1.807) is 13.0 Å². The summed E-state index contributed by atoms with van der Waals surface area (Å²) in [5, 5.41) is 11.7. The van der Waals surface area contributed by atoms with Gasteiger partial charge in [0.25, 0.3) is 0 Å². The van der Waals surface area contributed by atoms with Crippen LogP contribution in [0.3, 0.4) is 0 Å². The normalized spacial score (nSPS) is 40.4. The lowest BCUT2D eigenvalue weighted by atomic mass is 9.54. The lowest BCUT2D eigenvalue weighted by Crippen LogP contribution is -2.63. The molecular formula is C23H28O8. The third-order valence-electron chi connectivity index (χ3n) is 7.62. The number of hydrogen-bond acceptors (Lipinski definition) is 8. The van der Waals surface area contributed by atoms with Crippen LogP contribution in [-0.4, -0.2) is 49.1 Å². The summed E-state index contributed by atoms with van der Waals surface area (Å²) in [5.41, 5.74) is -1.34. The molecule has 2 fully saturated rings. The predicted octanol–water partition coefficient (Wildman–Crippen LogP) is 2.18. The van der Waals surface area contributed by atoms with E-state index in [1.807, 2.05) is 0 Å². The summed E-state index contributed by atoms with van der Waals surface area (Å²) >= 11 is 0. The summed E-state index contributed by atoms with van der Waals surface area (Å²) in [6.07, 6.45) is 3.93.